The maximum Gasteiger partial charge on any atom is 0.135 e. The Hall–Kier alpha value is -2.15. The van der Waals surface area contributed by atoms with E-state index in [4.69, 9.17) is 0 Å². The lowest BCUT2D eigenvalue weighted by atomic mass is 9.70. The maximum atomic E-state index is 10.5. The van der Waals surface area contributed by atoms with E-state index in [2.05, 4.69) is 6.07 Å². The molecule has 2 rings (SSSR count). The highest BCUT2D eigenvalue weighted by molar-refractivity contribution is 5.47. The Morgan fingerprint density at radius 1 is 0.900 bits per heavy atom. The molecule has 0 spiro atoms. The van der Waals surface area contributed by atoms with Gasteiger partial charge in [-0.2, -0.15) is 5.26 Å². The fraction of sp³-hybridized carbons (Fsp3) is 0.235. The van der Waals surface area contributed by atoms with E-state index in [0.29, 0.717) is 11.1 Å². The van der Waals surface area contributed by atoms with Crippen LogP contribution in [0.25, 0.3) is 0 Å². The molecule has 0 saturated heterocycles. The van der Waals surface area contributed by atoms with Crippen molar-refractivity contribution in [3.63, 3.8) is 0 Å². The number of benzene rings is 2. The van der Waals surface area contributed by atoms with Crippen LogP contribution in [0.15, 0.2) is 60.7 Å². The number of nitriles is 1. The van der Waals surface area contributed by atoms with E-state index in [1.165, 1.54) is 6.92 Å². The van der Waals surface area contributed by atoms with E-state index in [-0.39, 0.29) is 0 Å². The van der Waals surface area contributed by atoms with Crippen LogP contribution < -0.4 is 0 Å². The first-order valence-electron chi connectivity index (χ1n) is 6.51. The van der Waals surface area contributed by atoms with Gasteiger partial charge in [0, 0.05) is 0 Å². The van der Waals surface area contributed by atoms with Crippen molar-refractivity contribution in [2.75, 3.05) is 0 Å². The third kappa shape index (κ3) is 2.32. The van der Waals surface area contributed by atoms with Gasteiger partial charge in [-0.25, -0.2) is 0 Å². The second kappa shape index (κ2) is 5.87. The summed E-state index contributed by atoms with van der Waals surface area (Å²) in [5.74, 6) is 0. The van der Waals surface area contributed by atoms with Gasteiger partial charge in [-0.05, 0) is 18.1 Å². The Kier molecular flexibility index (Phi) is 4.19. The Bertz CT molecular complexity index is 548. The average Bonchev–Trinajstić information content (AvgIpc) is 2.50. The monoisotopic (exact) mass is 267 g/mol. The smallest absolute Gasteiger partial charge is 0.135 e. The van der Waals surface area contributed by atoms with Crippen LogP contribution in [0.3, 0.4) is 0 Å². The summed E-state index contributed by atoms with van der Waals surface area (Å²) in [4.78, 5) is 0. The van der Waals surface area contributed by atoms with E-state index in [1.807, 2.05) is 36.4 Å². The summed E-state index contributed by atoms with van der Waals surface area (Å²) in [5.41, 5.74) is 0.0562. The summed E-state index contributed by atoms with van der Waals surface area (Å²) in [6.07, 6.45) is -2.23. The Morgan fingerprint density at radius 3 is 1.60 bits per heavy atom. The summed E-state index contributed by atoms with van der Waals surface area (Å²) in [6.45, 7) is 1.49. The lowest BCUT2D eigenvalue weighted by molar-refractivity contribution is 0.00439. The molecule has 2 atom stereocenters. The predicted molar refractivity (Wildman–Crippen MR) is 77.0 cm³/mol. The van der Waals surface area contributed by atoms with Gasteiger partial charge in [0.05, 0.1) is 12.2 Å². The second-order valence-corrected chi connectivity index (χ2v) is 4.84. The van der Waals surface area contributed by atoms with Crippen molar-refractivity contribution in [3.05, 3.63) is 71.8 Å². The number of hydrogen-bond donors (Lipinski definition) is 2. The Morgan fingerprint density at radius 2 is 1.30 bits per heavy atom. The number of nitrogens with zero attached hydrogens (tertiary/aromatic N) is 1. The van der Waals surface area contributed by atoms with Crippen molar-refractivity contribution in [2.45, 2.75) is 24.5 Å². The van der Waals surface area contributed by atoms with Gasteiger partial charge in [0.1, 0.15) is 11.5 Å². The summed E-state index contributed by atoms with van der Waals surface area (Å²) in [7, 11) is 0. The Balaban J connectivity index is 2.69. The number of aliphatic hydroxyl groups excluding tert-OH is 2. The number of aliphatic hydroxyl groups is 2. The minimum absolute atomic E-state index is 0.669. The molecule has 0 fully saturated rings. The van der Waals surface area contributed by atoms with E-state index in [9.17, 15) is 15.5 Å². The van der Waals surface area contributed by atoms with Crippen LogP contribution in [-0.2, 0) is 5.41 Å². The second-order valence-electron chi connectivity index (χ2n) is 4.84. The first-order chi connectivity index (χ1) is 9.63. The standard InChI is InChI=1S/C17H17NO2/c1-13(19)16(20)17(12-18,14-8-4-2-5-9-14)15-10-6-3-7-11-15/h2-11,13,16,19-20H,1H3/t13-,16-/m0/s1. The fourth-order valence-corrected chi connectivity index (χ4v) is 2.47. The quantitative estimate of drug-likeness (QED) is 0.893. The van der Waals surface area contributed by atoms with Gasteiger partial charge in [0.25, 0.3) is 0 Å². The molecular formula is C17H17NO2. The lowest BCUT2D eigenvalue weighted by Gasteiger charge is -2.34. The largest absolute Gasteiger partial charge is 0.391 e. The van der Waals surface area contributed by atoms with Crippen molar-refractivity contribution in [2.24, 2.45) is 0 Å². The molecule has 0 amide bonds. The van der Waals surface area contributed by atoms with Gasteiger partial charge in [-0.15, -0.1) is 0 Å². The first kappa shape index (κ1) is 14.3. The van der Waals surface area contributed by atoms with Crippen molar-refractivity contribution < 1.29 is 10.2 Å². The maximum absolute atomic E-state index is 10.5. The number of hydrogen-bond acceptors (Lipinski definition) is 3. The lowest BCUT2D eigenvalue weighted by Crippen LogP contribution is -2.45. The van der Waals surface area contributed by atoms with E-state index in [1.54, 1.807) is 24.3 Å². The molecule has 2 N–H and O–H groups in total. The molecule has 102 valence electrons. The molecule has 0 aliphatic carbocycles. The van der Waals surface area contributed by atoms with Crippen LogP contribution in [-0.4, -0.2) is 22.4 Å². The van der Waals surface area contributed by atoms with Crippen molar-refractivity contribution in [3.8, 4) is 6.07 Å². The Labute approximate surface area is 118 Å². The normalized spacial score (nSPS) is 14.3. The molecule has 0 radical (unpaired) electrons. The van der Waals surface area contributed by atoms with Crippen LogP contribution in [0, 0.1) is 11.3 Å². The van der Waals surface area contributed by atoms with Gasteiger partial charge < -0.3 is 10.2 Å². The van der Waals surface area contributed by atoms with Gasteiger partial charge in [0.15, 0.2) is 0 Å². The van der Waals surface area contributed by atoms with Gasteiger partial charge in [0.2, 0.25) is 0 Å². The van der Waals surface area contributed by atoms with Crippen LogP contribution in [0.5, 0.6) is 0 Å². The molecule has 3 nitrogen and oxygen atoms in total. The average molecular weight is 267 g/mol. The molecule has 0 aliphatic rings. The van der Waals surface area contributed by atoms with Crippen molar-refractivity contribution in [1.82, 2.24) is 0 Å². The highest BCUT2D eigenvalue weighted by Crippen LogP contribution is 2.36. The van der Waals surface area contributed by atoms with Crippen LogP contribution in [0.1, 0.15) is 18.1 Å². The molecule has 0 unspecified atom stereocenters. The third-order valence-corrected chi connectivity index (χ3v) is 3.54. The summed E-state index contributed by atoms with van der Waals surface area (Å²) < 4.78 is 0. The van der Waals surface area contributed by atoms with Crippen LogP contribution in [0.2, 0.25) is 0 Å². The van der Waals surface area contributed by atoms with Crippen LogP contribution >= 0.6 is 0 Å². The van der Waals surface area contributed by atoms with Gasteiger partial charge >= 0.3 is 0 Å². The van der Waals surface area contributed by atoms with Crippen molar-refractivity contribution >= 4 is 0 Å². The molecular weight excluding hydrogens is 250 g/mol. The zero-order valence-corrected chi connectivity index (χ0v) is 11.3. The predicted octanol–water partition coefficient (Wildman–Crippen LogP) is 2.24. The van der Waals surface area contributed by atoms with E-state index < -0.39 is 17.6 Å². The molecule has 0 aromatic heterocycles. The zero-order valence-electron chi connectivity index (χ0n) is 11.3. The topological polar surface area (TPSA) is 64.2 Å². The van der Waals surface area contributed by atoms with Gasteiger partial charge in [-0.1, -0.05) is 60.7 Å². The minimum Gasteiger partial charge on any atom is -0.391 e. The third-order valence-electron chi connectivity index (χ3n) is 3.54. The number of rotatable bonds is 4. The molecule has 2 aromatic carbocycles. The molecule has 0 saturated carbocycles. The summed E-state index contributed by atoms with van der Waals surface area (Å²) in [5, 5.41) is 30.1. The molecule has 0 heterocycles. The summed E-state index contributed by atoms with van der Waals surface area (Å²) >= 11 is 0. The molecule has 2 aromatic rings. The highest BCUT2D eigenvalue weighted by Gasteiger charge is 2.44. The molecule has 20 heavy (non-hydrogen) atoms. The van der Waals surface area contributed by atoms with E-state index in [0.717, 1.165) is 0 Å². The minimum atomic E-state index is -1.28. The molecule has 0 aliphatic heterocycles. The fourth-order valence-electron chi connectivity index (χ4n) is 2.47. The highest BCUT2D eigenvalue weighted by atomic mass is 16.3. The zero-order chi connectivity index (χ0) is 14.6. The van der Waals surface area contributed by atoms with Gasteiger partial charge in [-0.3, -0.25) is 0 Å². The summed E-state index contributed by atoms with van der Waals surface area (Å²) in [6, 6.07) is 20.4. The molecule has 0 bridgehead atoms. The molecule has 3 heteroatoms. The van der Waals surface area contributed by atoms with Crippen LogP contribution in [0.4, 0.5) is 0 Å². The first-order valence-corrected chi connectivity index (χ1v) is 6.51. The van der Waals surface area contributed by atoms with Crippen molar-refractivity contribution in [1.29, 1.82) is 5.26 Å². The van der Waals surface area contributed by atoms with E-state index >= 15 is 0 Å². The SMILES string of the molecule is C[C@H](O)[C@H](O)C(C#N)(c1ccccc1)c1ccccc1.